The number of likely N-dealkylation sites (N-methyl/N-ethyl adjacent to an activating group) is 1. The predicted octanol–water partition coefficient (Wildman–Crippen LogP) is 4.93. The Morgan fingerprint density at radius 3 is 2.62 bits per heavy atom. The largest absolute Gasteiger partial charge is 0.494 e. The third kappa shape index (κ3) is 4.74. The van der Waals surface area contributed by atoms with E-state index in [1.165, 1.54) is 0 Å². The van der Waals surface area contributed by atoms with Gasteiger partial charge in [0.2, 0.25) is 0 Å². The van der Waals surface area contributed by atoms with Crippen LogP contribution >= 0.6 is 23.1 Å². The summed E-state index contributed by atoms with van der Waals surface area (Å²) < 4.78 is 6.55. The first-order valence-corrected chi connectivity index (χ1v) is 11.4. The van der Waals surface area contributed by atoms with Gasteiger partial charge in [0.05, 0.1) is 17.4 Å². The maximum Gasteiger partial charge on any atom is 0.261 e. The zero-order valence-electron chi connectivity index (χ0n) is 17.6. The molecule has 0 radical (unpaired) electrons. The number of ether oxygens (including phenoxy) is 1. The molecule has 0 atom stereocenters. The highest BCUT2D eigenvalue weighted by atomic mass is 32.2. The zero-order valence-corrected chi connectivity index (χ0v) is 19.2. The Balaban J connectivity index is 2.07. The lowest BCUT2D eigenvalue weighted by Crippen LogP contribution is -2.37. The lowest BCUT2D eigenvalue weighted by atomic mass is 10.2. The van der Waals surface area contributed by atoms with Gasteiger partial charge in [0, 0.05) is 18.0 Å². The molecule has 3 aromatic rings. The average Bonchev–Trinajstić information content (AvgIpc) is 3.15. The third-order valence-corrected chi connectivity index (χ3v) is 6.75. The first kappa shape index (κ1) is 21.6. The van der Waals surface area contributed by atoms with Gasteiger partial charge in [-0.2, -0.15) is 0 Å². The van der Waals surface area contributed by atoms with E-state index in [1.54, 1.807) is 35.1 Å². The number of thiazole rings is 1. The lowest BCUT2D eigenvalue weighted by Gasteiger charge is -2.23. The standard InChI is InChI=1S/C22H27N3O2S2/c1-6-28-18-10-8-7-9-16(18)21(26)25(14-13-24(3)4)22-23-19-17(27-5)12-11-15(2)20(19)29-22/h7-12H,6,13-14H2,1-5H3. The van der Waals surface area contributed by atoms with Crippen LogP contribution in [0, 0.1) is 6.92 Å². The van der Waals surface area contributed by atoms with Crippen molar-refractivity contribution >= 4 is 44.4 Å². The number of amides is 1. The van der Waals surface area contributed by atoms with E-state index in [1.807, 2.05) is 50.5 Å². The molecule has 1 amide bonds. The van der Waals surface area contributed by atoms with E-state index in [-0.39, 0.29) is 5.91 Å². The fraction of sp³-hybridized carbons (Fsp3) is 0.364. The first-order valence-electron chi connectivity index (χ1n) is 9.58. The number of methoxy groups -OCH3 is 1. The monoisotopic (exact) mass is 429 g/mol. The van der Waals surface area contributed by atoms with Crippen LogP contribution in [0.2, 0.25) is 0 Å². The van der Waals surface area contributed by atoms with Gasteiger partial charge in [0.1, 0.15) is 11.3 Å². The first-order chi connectivity index (χ1) is 14.0. The van der Waals surface area contributed by atoms with E-state index in [0.29, 0.717) is 11.7 Å². The molecular weight excluding hydrogens is 402 g/mol. The van der Waals surface area contributed by atoms with Crippen molar-refractivity contribution < 1.29 is 9.53 Å². The summed E-state index contributed by atoms with van der Waals surface area (Å²) in [7, 11) is 5.67. The maximum atomic E-state index is 13.6. The van der Waals surface area contributed by atoms with E-state index >= 15 is 0 Å². The Kier molecular flexibility index (Phi) is 7.16. The highest BCUT2D eigenvalue weighted by Crippen LogP contribution is 2.37. The van der Waals surface area contributed by atoms with Gasteiger partial charge in [-0.3, -0.25) is 9.69 Å². The zero-order chi connectivity index (χ0) is 21.0. The summed E-state index contributed by atoms with van der Waals surface area (Å²) in [6, 6.07) is 11.8. The summed E-state index contributed by atoms with van der Waals surface area (Å²) >= 11 is 3.23. The minimum Gasteiger partial charge on any atom is -0.494 e. The molecular formula is C22H27N3O2S2. The van der Waals surface area contributed by atoms with Crippen molar-refractivity contribution in [1.29, 1.82) is 0 Å². The van der Waals surface area contributed by atoms with Crippen molar-refractivity contribution in [2.45, 2.75) is 18.7 Å². The highest BCUT2D eigenvalue weighted by Gasteiger charge is 2.24. The molecule has 0 aliphatic rings. The number of thioether (sulfide) groups is 1. The van der Waals surface area contributed by atoms with Crippen LogP contribution in [0.15, 0.2) is 41.3 Å². The van der Waals surface area contributed by atoms with Crippen LogP contribution in [-0.4, -0.2) is 55.8 Å². The number of hydrogen-bond acceptors (Lipinski definition) is 6. The van der Waals surface area contributed by atoms with Crippen molar-refractivity contribution in [1.82, 2.24) is 9.88 Å². The van der Waals surface area contributed by atoms with E-state index < -0.39 is 0 Å². The van der Waals surface area contributed by atoms with Gasteiger partial charge in [-0.05, 0) is 50.5 Å². The number of benzene rings is 2. The summed E-state index contributed by atoms with van der Waals surface area (Å²) in [6.07, 6.45) is 0. The molecule has 0 bridgehead atoms. The van der Waals surface area contributed by atoms with Crippen LogP contribution in [0.3, 0.4) is 0 Å². The lowest BCUT2D eigenvalue weighted by molar-refractivity contribution is 0.0982. The summed E-state index contributed by atoms with van der Waals surface area (Å²) in [5, 5.41) is 0.704. The minimum absolute atomic E-state index is 0.0147. The topological polar surface area (TPSA) is 45.7 Å². The number of rotatable bonds is 8. The van der Waals surface area contributed by atoms with Crippen LogP contribution < -0.4 is 9.64 Å². The number of carbonyl (C=O) groups is 1. The molecule has 0 unspecified atom stereocenters. The number of nitrogens with zero attached hydrogens (tertiary/aromatic N) is 3. The van der Waals surface area contributed by atoms with E-state index in [0.717, 1.165) is 44.3 Å². The van der Waals surface area contributed by atoms with E-state index in [4.69, 9.17) is 9.72 Å². The molecule has 2 aromatic carbocycles. The van der Waals surface area contributed by atoms with Crippen molar-refractivity contribution in [3.05, 3.63) is 47.5 Å². The Hall–Kier alpha value is -2.09. The number of carbonyl (C=O) groups excluding carboxylic acids is 1. The maximum absolute atomic E-state index is 13.6. The van der Waals surface area contributed by atoms with Crippen molar-refractivity contribution in [3.8, 4) is 5.75 Å². The van der Waals surface area contributed by atoms with E-state index in [2.05, 4.69) is 18.7 Å². The van der Waals surface area contributed by atoms with Gasteiger partial charge >= 0.3 is 0 Å². The number of fused-ring (bicyclic) bond motifs is 1. The van der Waals surface area contributed by atoms with Crippen LogP contribution in [0.25, 0.3) is 10.2 Å². The van der Waals surface area contributed by atoms with Crippen LogP contribution in [-0.2, 0) is 0 Å². The van der Waals surface area contributed by atoms with Crippen molar-refractivity contribution in [2.24, 2.45) is 0 Å². The molecule has 0 N–H and O–H groups in total. The Labute approximate surface area is 180 Å². The van der Waals surface area contributed by atoms with Gasteiger partial charge in [-0.1, -0.05) is 36.5 Å². The second-order valence-corrected chi connectivity index (χ2v) is 9.23. The smallest absolute Gasteiger partial charge is 0.261 e. The Morgan fingerprint density at radius 2 is 1.93 bits per heavy atom. The quantitative estimate of drug-likeness (QED) is 0.475. The fourth-order valence-electron chi connectivity index (χ4n) is 3.03. The number of aryl methyl sites for hydroxylation is 1. The average molecular weight is 430 g/mol. The molecule has 3 rings (SSSR count). The van der Waals surface area contributed by atoms with Crippen molar-refractivity contribution in [3.63, 3.8) is 0 Å². The minimum atomic E-state index is -0.0147. The summed E-state index contributed by atoms with van der Waals surface area (Å²) in [5.74, 6) is 1.63. The molecule has 0 saturated carbocycles. The molecule has 5 nitrogen and oxygen atoms in total. The van der Waals surface area contributed by atoms with Crippen LogP contribution in [0.4, 0.5) is 5.13 Å². The highest BCUT2D eigenvalue weighted by molar-refractivity contribution is 7.99. The number of aromatic nitrogens is 1. The van der Waals surface area contributed by atoms with Crippen LogP contribution in [0.5, 0.6) is 5.75 Å². The molecule has 0 fully saturated rings. The van der Waals surface area contributed by atoms with Gasteiger partial charge in [0.15, 0.2) is 5.13 Å². The number of hydrogen-bond donors (Lipinski definition) is 0. The Morgan fingerprint density at radius 1 is 1.17 bits per heavy atom. The fourth-order valence-corrected chi connectivity index (χ4v) is 4.91. The van der Waals surface area contributed by atoms with Crippen molar-refractivity contribution in [2.75, 3.05) is 44.9 Å². The molecule has 7 heteroatoms. The molecule has 1 heterocycles. The Bertz CT molecular complexity index is 1000. The molecule has 1 aromatic heterocycles. The molecule has 0 spiro atoms. The number of anilines is 1. The van der Waals surface area contributed by atoms with Gasteiger partial charge in [-0.15, -0.1) is 11.8 Å². The van der Waals surface area contributed by atoms with Gasteiger partial charge in [-0.25, -0.2) is 4.98 Å². The molecule has 154 valence electrons. The summed E-state index contributed by atoms with van der Waals surface area (Å²) in [4.78, 5) is 23.3. The molecule has 29 heavy (non-hydrogen) atoms. The predicted molar refractivity (Wildman–Crippen MR) is 124 cm³/mol. The second-order valence-electron chi connectivity index (χ2n) is 6.95. The van der Waals surface area contributed by atoms with Crippen LogP contribution in [0.1, 0.15) is 22.8 Å². The summed E-state index contributed by atoms with van der Waals surface area (Å²) in [5.41, 5.74) is 2.67. The molecule has 0 aliphatic heterocycles. The summed E-state index contributed by atoms with van der Waals surface area (Å²) in [6.45, 7) is 5.47. The van der Waals surface area contributed by atoms with Gasteiger partial charge in [0.25, 0.3) is 5.91 Å². The molecule has 0 aliphatic carbocycles. The third-order valence-electron chi connectivity index (χ3n) is 4.58. The van der Waals surface area contributed by atoms with Gasteiger partial charge < -0.3 is 9.64 Å². The van der Waals surface area contributed by atoms with E-state index in [9.17, 15) is 4.79 Å². The second kappa shape index (κ2) is 9.61. The SMILES string of the molecule is CCSc1ccccc1C(=O)N(CCN(C)C)c1nc2c(OC)ccc(C)c2s1. The molecule has 0 saturated heterocycles. The normalized spacial score (nSPS) is 11.2.